The molecule has 0 spiro atoms. The molecule has 0 aliphatic carbocycles. The molecule has 0 saturated carbocycles. The fraction of sp³-hybridized carbons (Fsp3) is 0.917. The average Bonchev–Trinajstić information content (AvgIpc) is 2.20. The van der Waals surface area contributed by atoms with Gasteiger partial charge in [0.25, 0.3) is 0 Å². The third-order valence-corrected chi connectivity index (χ3v) is 2.95. The van der Waals surface area contributed by atoms with Crippen LogP contribution in [0.5, 0.6) is 0 Å². The molecule has 1 aliphatic rings. The van der Waals surface area contributed by atoms with Crippen molar-refractivity contribution in [1.82, 2.24) is 5.32 Å². The summed E-state index contributed by atoms with van der Waals surface area (Å²) in [5.41, 5.74) is 0. The SMILES string of the molecule is CCCCCC(=O)C[C@H]1CCCCN1. The molecule has 1 atom stereocenters. The highest BCUT2D eigenvalue weighted by Crippen LogP contribution is 2.12. The van der Waals surface area contributed by atoms with Crippen molar-refractivity contribution in [2.24, 2.45) is 0 Å². The van der Waals surface area contributed by atoms with Crippen LogP contribution >= 0.6 is 0 Å². The van der Waals surface area contributed by atoms with E-state index < -0.39 is 0 Å². The maximum atomic E-state index is 11.5. The second kappa shape index (κ2) is 6.99. The minimum Gasteiger partial charge on any atom is -0.314 e. The molecule has 2 heteroatoms. The Balaban J connectivity index is 2.06. The molecule has 0 radical (unpaired) electrons. The van der Waals surface area contributed by atoms with Crippen LogP contribution < -0.4 is 5.32 Å². The van der Waals surface area contributed by atoms with Crippen LogP contribution in [0.1, 0.15) is 58.3 Å². The summed E-state index contributed by atoms with van der Waals surface area (Å²) in [4.78, 5) is 11.5. The Hall–Kier alpha value is -0.370. The van der Waals surface area contributed by atoms with Crippen LogP contribution in [0.3, 0.4) is 0 Å². The number of Topliss-reactive ketones (excluding diaryl/α,β-unsaturated/α-hetero) is 1. The zero-order valence-corrected chi connectivity index (χ0v) is 9.35. The van der Waals surface area contributed by atoms with Crippen molar-refractivity contribution in [3.8, 4) is 0 Å². The van der Waals surface area contributed by atoms with Crippen molar-refractivity contribution >= 4 is 5.78 Å². The van der Waals surface area contributed by atoms with Crippen molar-refractivity contribution in [2.75, 3.05) is 6.54 Å². The fourth-order valence-electron chi connectivity index (χ4n) is 2.05. The second-order valence-corrected chi connectivity index (χ2v) is 4.35. The molecule has 0 aromatic carbocycles. The Kier molecular flexibility index (Phi) is 5.85. The molecule has 1 rings (SSSR count). The molecule has 82 valence electrons. The zero-order valence-electron chi connectivity index (χ0n) is 9.35. The van der Waals surface area contributed by atoms with Crippen LogP contribution in [0.15, 0.2) is 0 Å². The number of rotatable bonds is 6. The number of piperidine rings is 1. The smallest absolute Gasteiger partial charge is 0.134 e. The monoisotopic (exact) mass is 197 g/mol. The quantitative estimate of drug-likeness (QED) is 0.663. The summed E-state index contributed by atoms with van der Waals surface area (Å²) in [6.45, 7) is 3.28. The lowest BCUT2D eigenvalue weighted by Crippen LogP contribution is -2.35. The topological polar surface area (TPSA) is 29.1 Å². The van der Waals surface area contributed by atoms with Gasteiger partial charge in [-0.05, 0) is 25.8 Å². The van der Waals surface area contributed by atoms with Gasteiger partial charge in [-0.15, -0.1) is 0 Å². The molecule has 1 N–H and O–H groups in total. The highest BCUT2D eigenvalue weighted by Gasteiger charge is 2.15. The molecule has 0 aromatic heterocycles. The van der Waals surface area contributed by atoms with Crippen LogP contribution in [0.25, 0.3) is 0 Å². The highest BCUT2D eigenvalue weighted by molar-refractivity contribution is 5.78. The number of nitrogens with one attached hydrogen (secondary N) is 1. The van der Waals surface area contributed by atoms with Crippen molar-refractivity contribution in [1.29, 1.82) is 0 Å². The Bertz CT molecular complexity index is 162. The van der Waals surface area contributed by atoms with E-state index >= 15 is 0 Å². The van der Waals surface area contributed by atoms with Crippen LogP contribution in [0.4, 0.5) is 0 Å². The van der Waals surface area contributed by atoms with Crippen molar-refractivity contribution < 1.29 is 4.79 Å². The lowest BCUT2D eigenvalue weighted by atomic mass is 9.98. The van der Waals surface area contributed by atoms with Gasteiger partial charge in [-0.3, -0.25) is 4.79 Å². The summed E-state index contributed by atoms with van der Waals surface area (Å²) in [5, 5.41) is 3.42. The Morgan fingerprint density at radius 3 is 2.86 bits per heavy atom. The molecule has 14 heavy (non-hydrogen) atoms. The third-order valence-electron chi connectivity index (χ3n) is 2.95. The van der Waals surface area contributed by atoms with E-state index in [-0.39, 0.29) is 0 Å². The van der Waals surface area contributed by atoms with Gasteiger partial charge in [0.05, 0.1) is 0 Å². The van der Waals surface area contributed by atoms with Gasteiger partial charge < -0.3 is 5.32 Å². The zero-order chi connectivity index (χ0) is 10.2. The maximum Gasteiger partial charge on any atom is 0.134 e. The van der Waals surface area contributed by atoms with E-state index in [9.17, 15) is 4.79 Å². The maximum absolute atomic E-state index is 11.5. The fourth-order valence-corrected chi connectivity index (χ4v) is 2.05. The molecule has 1 fully saturated rings. The predicted molar refractivity (Wildman–Crippen MR) is 59.4 cm³/mol. The molecule has 0 aromatic rings. The Morgan fingerprint density at radius 1 is 1.36 bits per heavy atom. The third kappa shape index (κ3) is 4.75. The van der Waals surface area contributed by atoms with Gasteiger partial charge in [0.15, 0.2) is 0 Å². The Morgan fingerprint density at radius 2 is 2.21 bits per heavy atom. The summed E-state index contributed by atoms with van der Waals surface area (Å²) < 4.78 is 0. The lowest BCUT2D eigenvalue weighted by molar-refractivity contribution is -0.119. The second-order valence-electron chi connectivity index (χ2n) is 4.35. The van der Waals surface area contributed by atoms with E-state index in [2.05, 4.69) is 12.2 Å². The summed E-state index contributed by atoms with van der Waals surface area (Å²) in [7, 11) is 0. The van der Waals surface area contributed by atoms with Crippen molar-refractivity contribution in [3.63, 3.8) is 0 Å². The van der Waals surface area contributed by atoms with Crippen LogP contribution in [0, 0.1) is 0 Å². The van der Waals surface area contributed by atoms with Crippen LogP contribution in [-0.4, -0.2) is 18.4 Å². The van der Waals surface area contributed by atoms with E-state index in [4.69, 9.17) is 0 Å². The van der Waals surface area contributed by atoms with Gasteiger partial charge in [-0.25, -0.2) is 0 Å². The molecule has 1 saturated heterocycles. The first kappa shape index (κ1) is 11.7. The number of carbonyl (C=O) groups excluding carboxylic acids is 1. The van der Waals surface area contributed by atoms with Crippen molar-refractivity contribution in [3.05, 3.63) is 0 Å². The largest absolute Gasteiger partial charge is 0.314 e. The first-order valence-electron chi connectivity index (χ1n) is 6.08. The minimum absolute atomic E-state index is 0.456. The number of hydrogen-bond acceptors (Lipinski definition) is 2. The number of unbranched alkanes of at least 4 members (excludes halogenated alkanes) is 2. The van der Waals surface area contributed by atoms with E-state index in [1.54, 1.807) is 0 Å². The minimum atomic E-state index is 0.456. The summed E-state index contributed by atoms with van der Waals surface area (Å²) in [5.74, 6) is 0.456. The van der Waals surface area contributed by atoms with E-state index in [1.807, 2.05) is 0 Å². The summed E-state index contributed by atoms with van der Waals surface area (Å²) in [6.07, 6.45) is 8.82. The number of ketones is 1. The first-order valence-corrected chi connectivity index (χ1v) is 6.08. The van der Waals surface area contributed by atoms with Gasteiger partial charge in [-0.1, -0.05) is 26.2 Å². The molecular weight excluding hydrogens is 174 g/mol. The molecule has 1 heterocycles. The lowest BCUT2D eigenvalue weighted by Gasteiger charge is -2.22. The summed E-state index contributed by atoms with van der Waals surface area (Å²) >= 11 is 0. The van der Waals surface area contributed by atoms with Gasteiger partial charge in [0, 0.05) is 18.9 Å². The number of hydrogen-bond donors (Lipinski definition) is 1. The van der Waals surface area contributed by atoms with E-state index in [1.165, 1.54) is 32.1 Å². The Labute approximate surface area is 87.5 Å². The highest BCUT2D eigenvalue weighted by atomic mass is 16.1. The van der Waals surface area contributed by atoms with Gasteiger partial charge in [0.2, 0.25) is 0 Å². The summed E-state index contributed by atoms with van der Waals surface area (Å²) in [6, 6.07) is 0.484. The standard InChI is InChI=1S/C12H23NO/c1-2-3-4-8-12(14)10-11-7-5-6-9-13-11/h11,13H,2-10H2,1H3/t11-/m1/s1. The van der Waals surface area contributed by atoms with Gasteiger partial charge in [-0.2, -0.15) is 0 Å². The molecular formula is C12H23NO. The first-order chi connectivity index (χ1) is 6.83. The normalized spacial score (nSPS) is 22.2. The van der Waals surface area contributed by atoms with Crippen LogP contribution in [-0.2, 0) is 4.79 Å². The average molecular weight is 197 g/mol. The van der Waals surface area contributed by atoms with Gasteiger partial charge >= 0.3 is 0 Å². The number of carbonyl (C=O) groups is 1. The molecule has 0 amide bonds. The van der Waals surface area contributed by atoms with Crippen molar-refractivity contribution in [2.45, 2.75) is 64.3 Å². The molecule has 1 aliphatic heterocycles. The van der Waals surface area contributed by atoms with Crippen LogP contribution in [0.2, 0.25) is 0 Å². The molecule has 2 nitrogen and oxygen atoms in total. The van der Waals surface area contributed by atoms with Gasteiger partial charge in [0.1, 0.15) is 5.78 Å². The molecule has 0 unspecified atom stereocenters. The predicted octanol–water partition coefficient (Wildman–Crippen LogP) is 2.67. The van der Waals surface area contributed by atoms with E-state index in [0.717, 1.165) is 25.8 Å². The van der Waals surface area contributed by atoms with E-state index in [0.29, 0.717) is 11.8 Å². The molecule has 0 bridgehead atoms.